The molecular weight excluding hydrogens is 388 g/mol. The summed E-state index contributed by atoms with van der Waals surface area (Å²) in [6.07, 6.45) is 0. The lowest BCUT2D eigenvalue weighted by Gasteiger charge is -2.08. The zero-order valence-electron chi connectivity index (χ0n) is 17.2. The molecule has 0 spiro atoms. The normalized spacial score (nSPS) is 10.9. The molecule has 3 aromatic rings. The number of Topliss-reactive ketones (excluding diaryl/α,β-unsaturated/α-hetero) is 2. The average molecular weight is 413 g/mol. The first kappa shape index (κ1) is 20.9. The molecule has 0 saturated heterocycles. The number of methoxy groups -OCH3 is 1. The lowest BCUT2D eigenvalue weighted by molar-refractivity contribution is 0.101. The molecule has 1 N–H and O–H groups in total. The van der Waals surface area contributed by atoms with Crippen LogP contribution in [-0.4, -0.2) is 44.2 Å². The van der Waals surface area contributed by atoms with E-state index in [-0.39, 0.29) is 17.3 Å². The molecule has 0 fully saturated rings. The predicted molar refractivity (Wildman–Crippen MR) is 113 cm³/mol. The van der Waals surface area contributed by atoms with Gasteiger partial charge in [0.1, 0.15) is 5.75 Å². The second kappa shape index (κ2) is 8.65. The van der Waals surface area contributed by atoms with Gasteiger partial charge in [-0.15, -0.1) is 10.2 Å². The molecule has 0 unspecified atom stereocenters. The third kappa shape index (κ3) is 4.12. The van der Waals surface area contributed by atoms with Crippen LogP contribution in [0.5, 0.6) is 5.75 Å². The zero-order chi connectivity index (χ0) is 21.1. The van der Waals surface area contributed by atoms with Crippen molar-refractivity contribution in [2.75, 3.05) is 12.9 Å². The van der Waals surface area contributed by atoms with Gasteiger partial charge in [-0.25, -0.2) is 0 Å². The van der Waals surface area contributed by atoms with Gasteiger partial charge in [0.2, 0.25) is 0 Å². The van der Waals surface area contributed by atoms with Crippen molar-refractivity contribution in [1.82, 2.24) is 19.7 Å². The number of carbonyl (C=O) groups excluding carboxylic acids is 2. The maximum atomic E-state index is 12.7. The number of nitrogens with one attached hydrogen (secondary N) is 1. The number of H-pyrrole nitrogens is 1. The average Bonchev–Trinajstić information content (AvgIpc) is 3.26. The topological polar surface area (TPSA) is 89.9 Å². The molecule has 152 valence electrons. The van der Waals surface area contributed by atoms with Crippen LogP contribution in [-0.2, 0) is 6.54 Å². The summed E-state index contributed by atoms with van der Waals surface area (Å²) in [6, 6.07) is 7.62. The highest BCUT2D eigenvalue weighted by Gasteiger charge is 2.21. The molecule has 2 heterocycles. The smallest absolute Gasteiger partial charge is 0.191 e. The van der Waals surface area contributed by atoms with E-state index in [1.54, 1.807) is 14.0 Å². The monoisotopic (exact) mass is 412 g/mol. The number of carbonyl (C=O) groups is 2. The highest BCUT2D eigenvalue weighted by Crippen LogP contribution is 2.27. The molecule has 0 aliphatic rings. The molecule has 29 heavy (non-hydrogen) atoms. The maximum absolute atomic E-state index is 12.7. The standard InChI is InChI=1S/C21H24N4O3S/c1-6-25-20(15-7-9-16(28-5)10-8-15)23-24-21(25)29-11-17(27)19-12(2)18(14(4)26)13(3)22-19/h7-10,22H,6,11H2,1-5H3. The van der Waals surface area contributed by atoms with Gasteiger partial charge in [-0.05, 0) is 57.5 Å². The van der Waals surface area contributed by atoms with E-state index < -0.39 is 0 Å². The number of hydrogen-bond donors (Lipinski definition) is 1. The number of aryl methyl sites for hydroxylation is 1. The van der Waals surface area contributed by atoms with Gasteiger partial charge in [0.05, 0.1) is 18.6 Å². The van der Waals surface area contributed by atoms with Crippen LogP contribution in [0.4, 0.5) is 0 Å². The first-order valence-corrected chi connectivity index (χ1v) is 10.3. The second-order valence-electron chi connectivity index (χ2n) is 6.67. The minimum absolute atomic E-state index is 0.0437. The van der Waals surface area contributed by atoms with Crippen molar-refractivity contribution in [3.05, 3.63) is 46.8 Å². The molecule has 2 aromatic heterocycles. The molecule has 0 bridgehead atoms. The molecule has 0 aliphatic heterocycles. The first-order valence-electron chi connectivity index (χ1n) is 9.31. The van der Waals surface area contributed by atoms with E-state index in [2.05, 4.69) is 15.2 Å². The first-order chi connectivity index (χ1) is 13.9. The Labute approximate surface area is 173 Å². The summed E-state index contributed by atoms with van der Waals surface area (Å²) < 4.78 is 7.18. The van der Waals surface area contributed by atoms with Gasteiger partial charge in [0.25, 0.3) is 0 Å². The van der Waals surface area contributed by atoms with Gasteiger partial charge < -0.3 is 14.3 Å². The van der Waals surface area contributed by atoms with E-state index in [9.17, 15) is 9.59 Å². The van der Waals surface area contributed by atoms with Gasteiger partial charge in [-0.1, -0.05) is 11.8 Å². The minimum Gasteiger partial charge on any atom is -0.497 e. The van der Waals surface area contributed by atoms with Crippen LogP contribution in [0.15, 0.2) is 29.4 Å². The van der Waals surface area contributed by atoms with Gasteiger partial charge in [0, 0.05) is 23.4 Å². The summed E-state index contributed by atoms with van der Waals surface area (Å²) in [5.74, 6) is 1.62. The molecule has 8 heteroatoms. The minimum atomic E-state index is -0.0697. The van der Waals surface area contributed by atoms with E-state index in [4.69, 9.17) is 4.74 Å². The Morgan fingerprint density at radius 1 is 1.17 bits per heavy atom. The van der Waals surface area contributed by atoms with E-state index in [0.29, 0.717) is 28.5 Å². The molecule has 1 aromatic carbocycles. The molecule has 0 saturated carbocycles. The highest BCUT2D eigenvalue weighted by molar-refractivity contribution is 7.99. The summed E-state index contributed by atoms with van der Waals surface area (Å²) in [4.78, 5) is 27.6. The summed E-state index contributed by atoms with van der Waals surface area (Å²) in [7, 11) is 1.63. The third-order valence-corrected chi connectivity index (χ3v) is 5.75. The number of thioether (sulfide) groups is 1. The number of aromatic nitrogens is 4. The van der Waals surface area contributed by atoms with Gasteiger partial charge >= 0.3 is 0 Å². The van der Waals surface area contributed by atoms with Crippen molar-refractivity contribution < 1.29 is 14.3 Å². The summed E-state index contributed by atoms with van der Waals surface area (Å²) in [6.45, 7) is 7.81. The lowest BCUT2D eigenvalue weighted by atomic mass is 10.1. The van der Waals surface area contributed by atoms with Crippen LogP contribution in [0.3, 0.4) is 0 Å². The Bertz CT molecular complexity index is 1050. The number of hydrogen-bond acceptors (Lipinski definition) is 6. The molecule has 0 aliphatic carbocycles. The van der Waals surface area contributed by atoms with E-state index in [1.807, 2.05) is 42.7 Å². The van der Waals surface area contributed by atoms with Crippen LogP contribution in [0.1, 0.15) is 46.0 Å². The van der Waals surface area contributed by atoms with Crippen molar-refractivity contribution in [3.8, 4) is 17.1 Å². The molecule has 3 rings (SSSR count). The predicted octanol–water partition coefficient (Wildman–Crippen LogP) is 4.10. The Morgan fingerprint density at radius 2 is 1.86 bits per heavy atom. The Kier molecular flexibility index (Phi) is 6.22. The number of rotatable bonds is 8. The summed E-state index contributed by atoms with van der Waals surface area (Å²) in [5.41, 5.74) is 3.44. The SMILES string of the molecule is CCn1c(SCC(=O)c2[nH]c(C)c(C(C)=O)c2C)nnc1-c1ccc(OC)cc1. The zero-order valence-corrected chi connectivity index (χ0v) is 18.0. The van der Waals surface area contributed by atoms with Gasteiger partial charge in [-0.2, -0.15) is 0 Å². The maximum Gasteiger partial charge on any atom is 0.191 e. The third-order valence-electron chi connectivity index (χ3n) is 4.78. The van der Waals surface area contributed by atoms with Crippen molar-refractivity contribution in [1.29, 1.82) is 0 Å². The fourth-order valence-electron chi connectivity index (χ4n) is 3.39. The Morgan fingerprint density at radius 3 is 2.41 bits per heavy atom. The number of nitrogens with zero attached hydrogens (tertiary/aromatic N) is 3. The summed E-state index contributed by atoms with van der Waals surface area (Å²) >= 11 is 1.34. The van der Waals surface area contributed by atoms with Crippen LogP contribution in [0, 0.1) is 13.8 Å². The quantitative estimate of drug-likeness (QED) is 0.443. The van der Waals surface area contributed by atoms with E-state index in [0.717, 1.165) is 22.8 Å². The van der Waals surface area contributed by atoms with Crippen LogP contribution in [0.2, 0.25) is 0 Å². The van der Waals surface area contributed by atoms with Crippen LogP contribution >= 0.6 is 11.8 Å². The number of ketones is 2. The van der Waals surface area contributed by atoms with Crippen LogP contribution < -0.4 is 4.74 Å². The van der Waals surface area contributed by atoms with Crippen molar-refractivity contribution in [2.45, 2.75) is 39.4 Å². The molecular formula is C21H24N4O3S. The number of benzene rings is 1. The van der Waals surface area contributed by atoms with Gasteiger partial charge in [0.15, 0.2) is 22.5 Å². The molecule has 7 nitrogen and oxygen atoms in total. The second-order valence-corrected chi connectivity index (χ2v) is 7.61. The van der Waals surface area contributed by atoms with Crippen molar-refractivity contribution >= 4 is 23.3 Å². The molecule has 0 radical (unpaired) electrons. The lowest BCUT2D eigenvalue weighted by Crippen LogP contribution is -2.07. The Balaban J connectivity index is 1.79. The Hall–Kier alpha value is -2.87. The highest BCUT2D eigenvalue weighted by atomic mass is 32.2. The van der Waals surface area contributed by atoms with E-state index >= 15 is 0 Å². The van der Waals surface area contributed by atoms with Crippen molar-refractivity contribution in [3.63, 3.8) is 0 Å². The van der Waals surface area contributed by atoms with E-state index in [1.165, 1.54) is 18.7 Å². The number of ether oxygens (including phenoxy) is 1. The molecule has 0 amide bonds. The largest absolute Gasteiger partial charge is 0.497 e. The fourth-order valence-corrected chi connectivity index (χ4v) is 4.27. The van der Waals surface area contributed by atoms with Crippen molar-refractivity contribution in [2.24, 2.45) is 0 Å². The number of aromatic amines is 1. The van der Waals surface area contributed by atoms with Gasteiger partial charge in [-0.3, -0.25) is 9.59 Å². The summed E-state index contributed by atoms with van der Waals surface area (Å²) in [5, 5.41) is 9.26. The molecule has 0 atom stereocenters. The fraction of sp³-hybridized carbons (Fsp3) is 0.333. The van der Waals surface area contributed by atoms with Crippen LogP contribution in [0.25, 0.3) is 11.4 Å².